The fourth-order valence-corrected chi connectivity index (χ4v) is 1.35. The highest BCUT2D eigenvalue weighted by Gasteiger charge is 1.90. The maximum atomic E-state index is 4.10. The minimum absolute atomic E-state index is 0. The summed E-state index contributed by atoms with van der Waals surface area (Å²) in [6, 6.07) is 1.91. The van der Waals surface area contributed by atoms with Crippen molar-refractivity contribution in [3.63, 3.8) is 0 Å². The smallest absolute Gasteiger partial charge is 0.0843 e. The third-order valence-corrected chi connectivity index (χ3v) is 1.91. The molecule has 2 aromatic rings. The molecule has 0 aliphatic rings. The maximum Gasteiger partial charge on any atom is 0.0843 e. The van der Waals surface area contributed by atoms with E-state index >= 15 is 0 Å². The molecule has 0 saturated carbocycles. The second-order valence-corrected chi connectivity index (χ2v) is 2.58. The predicted molar refractivity (Wildman–Crippen MR) is 44.7 cm³/mol. The van der Waals surface area contributed by atoms with Crippen molar-refractivity contribution in [1.82, 2.24) is 9.97 Å². The molecule has 0 aliphatic heterocycles. The van der Waals surface area contributed by atoms with Crippen LogP contribution in [0.15, 0.2) is 24.0 Å². The largest absolute Gasteiger partial charge is 0.263 e. The molecule has 10 heavy (non-hydrogen) atoms. The summed E-state index contributed by atoms with van der Waals surface area (Å²) in [4.78, 5) is 8.05. The van der Waals surface area contributed by atoms with Gasteiger partial charge in [0.2, 0.25) is 0 Å². The third-order valence-electron chi connectivity index (χ3n) is 1.13. The fraction of sp³-hybridized carbons (Fsp3) is 0. The molecule has 0 saturated heterocycles. The Bertz CT molecular complexity index is 290. The first kappa shape index (κ1) is 7.44. The first-order valence-electron chi connectivity index (χ1n) is 2.60. The average molecular weight is 173 g/mol. The molecule has 2 heterocycles. The van der Waals surface area contributed by atoms with Gasteiger partial charge in [0, 0.05) is 12.4 Å². The lowest BCUT2D eigenvalue weighted by atomic mass is 10.5. The summed E-state index contributed by atoms with van der Waals surface area (Å²) in [6.45, 7) is 0. The summed E-state index contributed by atoms with van der Waals surface area (Å²) in [5.74, 6) is 0. The highest BCUT2D eigenvalue weighted by atomic mass is 35.5. The van der Waals surface area contributed by atoms with Crippen LogP contribution in [0.5, 0.6) is 0 Å². The molecule has 2 nitrogen and oxygen atoms in total. The van der Waals surface area contributed by atoms with Gasteiger partial charge in [-0.05, 0) is 6.07 Å². The van der Waals surface area contributed by atoms with Crippen LogP contribution in [0, 0.1) is 0 Å². The van der Waals surface area contributed by atoms with E-state index in [2.05, 4.69) is 9.97 Å². The van der Waals surface area contributed by atoms with Gasteiger partial charge in [-0.15, -0.1) is 23.7 Å². The Morgan fingerprint density at radius 2 is 2.30 bits per heavy atom. The van der Waals surface area contributed by atoms with Crippen LogP contribution in [0.25, 0.3) is 10.2 Å². The normalized spacial score (nSPS) is 9.20. The number of rotatable bonds is 0. The molecule has 52 valence electrons. The molecule has 2 aromatic heterocycles. The average Bonchev–Trinajstić information content (AvgIpc) is 2.33. The van der Waals surface area contributed by atoms with Gasteiger partial charge >= 0.3 is 0 Å². The van der Waals surface area contributed by atoms with E-state index in [0.717, 1.165) is 10.2 Å². The van der Waals surface area contributed by atoms with Gasteiger partial charge in [-0.25, -0.2) is 4.98 Å². The van der Waals surface area contributed by atoms with Crippen LogP contribution in [-0.4, -0.2) is 9.97 Å². The van der Waals surface area contributed by atoms with Crippen LogP contribution in [0.1, 0.15) is 0 Å². The SMILES string of the molecule is Cl.c1cc2ncsc2cn1. The van der Waals surface area contributed by atoms with Gasteiger partial charge in [0.25, 0.3) is 0 Å². The molecule has 0 radical (unpaired) electrons. The van der Waals surface area contributed by atoms with Gasteiger partial charge in [-0.2, -0.15) is 0 Å². The Morgan fingerprint density at radius 1 is 1.40 bits per heavy atom. The fourth-order valence-electron chi connectivity index (χ4n) is 0.710. The van der Waals surface area contributed by atoms with Crippen LogP contribution in [-0.2, 0) is 0 Å². The number of hydrogen-bond donors (Lipinski definition) is 0. The Morgan fingerprint density at radius 3 is 3.10 bits per heavy atom. The van der Waals surface area contributed by atoms with Crippen molar-refractivity contribution in [3.05, 3.63) is 24.0 Å². The van der Waals surface area contributed by atoms with Gasteiger partial charge in [0.05, 0.1) is 15.7 Å². The molecule has 0 amide bonds. The molecule has 0 aliphatic carbocycles. The number of halogens is 1. The molecular weight excluding hydrogens is 168 g/mol. The Kier molecular flexibility index (Phi) is 2.19. The lowest BCUT2D eigenvalue weighted by Crippen LogP contribution is -1.67. The van der Waals surface area contributed by atoms with Crippen LogP contribution < -0.4 is 0 Å². The van der Waals surface area contributed by atoms with E-state index in [-0.39, 0.29) is 12.4 Å². The zero-order chi connectivity index (χ0) is 6.10. The van der Waals surface area contributed by atoms with Crippen molar-refractivity contribution in [2.24, 2.45) is 0 Å². The summed E-state index contributed by atoms with van der Waals surface area (Å²) in [7, 11) is 0. The number of nitrogens with zero attached hydrogens (tertiary/aromatic N) is 2. The second-order valence-electron chi connectivity index (χ2n) is 1.70. The Hall–Kier alpha value is -0.670. The number of thiazole rings is 1. The van der Waals surface area contributed by atoms with Gasteiger partial charge < -0.3 is 0 Å². The van der Waals surface area contributed by atoms with E-state index < -0.39 is 0 Å². The van der Waals surface area contributed by atoms with Gasteiger partial charge in [0.1, 0.15) is 0 Å². The number of aromatic nitrogens is 2. The lowest BCUT2D eigenvalue weighted by molar-refractivity contribution is 1.36. The molecule has 0 bridgehead atoms. The van der Waals surface area contributed by atoms with E-state index in [1.54, 1.807) is 17.5 Å². The number of fused-ring (bicyclic) bond motifs is 1. The molecule has 4 heteroatoms. The predicted octanol–water partition coefficient (Wildman–Crippen LogP) is 2.11. The summed E-state index contributed by atoms with van der Waals surface area (Å²) >= 11 is 1.61. The van der Waals surface area contributed by atoms with Crippen LogP contribution in [0.2, 0.25) is 0 Å². The third kappa shape index (κ3) is 1.10. The first-order valence-corrected chi connectivity index (χ1v) is 3.48. The minimum atomic E-state index is 0. The maximum absolute atomic E-state index is 4.10. The van der Waals surface area contributed by atoms with Crippen LogP contribution in [0.3, 0.4) is 0 Å². The van der Waals surface area contributed by atoms with Crippen LogP contribution >= 0.6 is 23.7 Å². The van der Waals surface area contributed by atoms with Crippen molar-refractivity contribution in [2.75, 3.05) is 0 Å². The molecule has 2 rings (SSSR count). The van der Waals surface area contributed by atoms with Crippen molar-refractivity contribution < 1.29 is 0 Å². The van der Waals surface area contributed by atoms with Crippen molar-refractivity contribution in [3.8, 4) is 0 Å². The van der Waals surface area contributed by atoms with Gasteiger partial charge in [-0.3, -0.25) is 4.98 Å². The topological polar surface area (TPSA) is 25.8 Å². The molecule has 0 N–H and O–H groups in total. The van der Waals surface area contributed by atoms with E-state index in [1.807, 2.05) is 17.8 Å². The lowest BCUT2D eigenvalue weighted by Gasteiger charge is -1.80. The highest BCUT2D eigenvalue weighted by molar-refractivity contribution is 7.16. The molecule has 0 fully saturated rings. The second kappa shape index (κ2) is 2.94. The standard InChI is InChI=1S/C6H4N2S.ClH/c1-2-7-3-6-5(1)8-4-9-6;/h1-4H;1H. The summed E-state index contributed by atoms with van der Waals surface area (Å²) < 4.78 is 1.15. The van der Waals surface area contributed by atoms with Gasteiger partial charge in [-0.1, -0.05) is 0 Å². The minimum Gasteiger partial charge on any atom is -0.263 e. The van der Waals surface area contributed by atoms with E-state index in [9.17, 15) is 0 Å². The molecule has 0 spiro atoms. The molecule has 0 atom stereocenters. The molecule has 0 unspecified atom stereocenters. The Balaban J connectivity index is 0.000000500. The van der Waals surface area contributed by atoms with Gasteiger partial charge in [0.15, 0.2) is 0 Å². The summed E-state index contributed by atoms with van der Waals surface area (Å²) in [5, 5.41) is 0. The summed E-state index contributed by atoms with van der Waals surface area (Å²) in [6.07, 6.45) is 3.58. The number of pyridine rings is 1. The van der Waals surface area contributed by atoms with E-state index in [1.165, 1.54) is 0 Å². The zero-order valence-electron chi connectivity index (χ0n) is 5.02. The quantitative estimate of drug-likeness (QED) is 0.609. The highest BCUT2D eigenvalue weighted by Crippen LogP contribution is 2.13. The number of hydrogen-bond acceptors (Lipinski definition) is 3. The van der Waals surface area contributed by atoms with E-state index in [4.69, 9.17) is 0 Å². The van der Waals surface area contributed by atoms with E-state index in [0.29, 0.717) is 0 Å². The summed E-state index contributed by atoms with van der Waals surface area (Å²) in [5.41, 5.74) is 2.86. The Labute approximate surface area is 68.3 Å². The molecule has 0 aromatic carbocycles. The van der Waals surface area contributed by atoms with Crippen molar-refractivity contribution >= 4 is 34.0 Å². The van der Waals surface area contributed by atoms with Crippen molar-refractivity contribution in [1.29, 1.82) is 0 Å². The molecular formula is C6H5ClN2S. The first-order chi connectivity index (χ1) is 4.47. The monoisotopic (exact) mass is 172 g/mol. The zero-order valence-corrected chi connectivity index (χ0v) is 6.65. The van der Waals surface area contributed by atoms with Crippen LogP contribution in [0.4, 0.5) is 0 Å². The van der Waals surface area contributed by atoms with Crippen molar-refractivity contribution in [2.45, 2.75) is 0 Å².